The smallest absolute Gasteiger partial charge is 0.306 e. The van der Waals surface area contributed by atoms with Crippen molar-refractivity contribution in [3.05, 3.63) is 48.6 Å². The van der Waals surface area contributed by atoms with Crippen molar-refractivity contribution in [3.8, 4) is 0 Å². The highest BCUT2D eigenvalue weighted by atomic mass is 16.7. The Morgan fingerprint density at radius 2 is 0.897 bits per heavy atom. The Hall–Kier alpha value is -1.85. The molecule has 0 amide bonds. The molecule has 9 heteroatoms. The standard InChI is InChI=1S/C59H108O9/c1-3-5-7-9-11-13-15-17-19-21-23-25-26-27-28-29-30-32-34-36-38-40-42-44-46-48-55(61)67-53(52-66-59-58(64)57(63)56(62)54(50-60)68-59)51-65-49-47-45-43-41-39-37-35-33-31-24-22-20-18-16-14-12-10-8-6-4-2/h5,7,11,13,17,19,23,25,53-54,56-60,62-64H,3-4,6,8-10,12,14-16,18,20-22,24,26-52H2,1-2H3/b7-5-,13-11-,19-17-,25-23-. The van der Waals surface area contributed by atoms with Crippen LogP contribution in [0.15, 0.2) is 48.6 Å². The van der Waals surface area contributed by atoms with Gasteiger partial charge in [-0.05, 0) is 51.4 Å². The molecule has 1 heterocycles. The average Bonchev–Trinajstić information content (AvgIpc) is 3.34. The van der Waals surface area contributed by atoms with Crippen LogP contribution in [0.2, 0.25) is 0 Å². The van der Waals surface area contributed by atoms with E-state index in [1.54, 1.807) is 0 Å². The van der Waals surface area contributed by atoms with Crippen molar-refractivity contribution >= 4 is 5.97 Å². The summed E-state index contributed by atoms with van der Waals surface area (Å²) in [4.78, 5) is 12.9. The van der Waals surface area contributed by atoms with Crippen LogP contribution in [-0.2, 0) is 23.7 Å². The van der Waals surface area contributed by atoms with Crippen LogP contribution in [0.4, 0.5) is 0 Å². The summed E-state index contributed by atoms with van der Waals surface area (Å²) in [7, 11) is 0. The van der Waals surface area contributed by atoms with Gasteiger partial charge in [0.15, 0.2) is 6.29 Å². The lowest BCUT2D eigenvalue weighted by molar-refractivity contribution is -0.305. The molecule has 0 bridgehead atoms. The Kier molecular flexibility index (Phi) is 47.3. The summed E-state index contributed by atoms with van der Waals surface area (Å²) < 4.78 is 23.0. The number of carbonyl (C=O) groups is 1. The van der Waals surface area contributed by atoms with Gasteiger partial charge in [0.2, 0.25) is 0 Å². The number of esters is 1. The second kappa shape index (κ2) is 50.1. The van der Waals surface area contributed by atoms with E-state index >= 15 is 0 Å². The number of aliphatic hydroxyl groups excluding tert-OH is 4. The predicted molar refractivity (Wildman–Crippen MR) is 284 cm³/mol. The molecule has 6 unspecified atom stereocenters. The number of aliphatic hydroxyl groups is 4. The molecule has 0 aromatic carbocycles. The monoisotopic (exact) mass is 961 g/mol. The van der Waals surface area contributed by atoms with Gasteiger partial charge in [0, 0.05) is 13.0 Å². The van der Waals surface area contributed by atoms with Crippen LogP contribution in [0.25, 0.3) is 0 Å². The average molecular weight is 962 g/mol. The highest BCUT2D eigenvalue weighted by molar-refractivity contribution is 5.69. The van der Waals surface area contributed by atoms with Crippen LogP contribution in [0, 0.1) is 0 Å². The molecule has 68 heavy (non-hydrogen) atoms. The van der Waals surface area contributed by atoms with Crippen molar-refractivity contribution < 1.29 is 44.2 Å². The second-order valence-corrected chi connectivity index (χ2v) is 19.7. The minimum Gasteiger partial charge on any atom is -0.457 e. The van der Waals surface area contributed by atoms with Crippen molar-refractivity contribution in [2.24, 2.45) is 0 Å². The predicted octanol–water partition coefficient (Wildman–Crippen LogP) is 14.8. The number of ether oxygens (including phenoxy) is 4. The Morgan fingerprint density at radius 1 is 0.485 bits per heavy atom. The molecular formula is C59H108O9. The summed E-state index contributed by atoms with van der Waals surface area (Å²) >= 11 is 0. The van der Waals surface area contributed by atoms with Crippen molar-refractivity contribution in [1.29, 1.82) is 0 Å². The Morgan fingerprint density at radius 3 is 1.35 bits per heavy atom. The van der Waals surface area contributed by atoms with E-state index in [2.05, 4.69) is 62.5 Å². The van der Waals surface area contributed by atoms with Crippen LogP contribution in [-0.4, -0.2) is 89.6 Å². The van der Waals surface area contributed by atoms with Gasteiger partial charge in [0.25, 0.3) is 0 Å². The maximum Gasteiger partial charge on any atom is 0.306 e. The van der Waals surface area contributed by atoms with Crippen LogP contribution in [0.5, 0.6) is 0 Å². The third kappa shape index (κ3) is 39.8. The molecule has 0 aromatic rings. The van der Waals surface area contributed by atoms with Crippen LogP contribution in [0.3, 0.4) is 0 Å². The topological polar surface area (TPSA) is 135 Å². The highest BCUT2D eigenvalue weighted by Crippen LogP contribution is 2.23. The maximum absolute atomic E-state index is 12.9. The number of hydrogen-bond acceptors (Lipinski definition) is 9. The zero-order valence-corrected chi connectivity index (χ0v) is 44.1. The molecule has 9 nitrogen and oxygen atoms in total. The normalized spacial score (nSPS) is 19.4. The first kappa shape index (κ1) is 64.2. The van der Waals surface area contributed by atoms with Crippen molar-refractivity contribution in [1.82, 2.24) is 0 Å². The third-order valence-electron chi connectivity index (χ3n) is 13.3. The lowest BCUT2D eigenvalue weighted by Gasteiger charge is -2.39. The van der Waals surface area contributed by atoms with E-state index in [0.29, 0.717) is 13.0 Å². The fraction of sp³-hybridized carbons (Fsp3) is 0.847. The lowest BCUT2D eigenvalue weighted by Crippen LogP contribution is -2.59. The molecule has 1 saturated heterocycles. The summed E-state index contributed by atoms with van der Waals surface area (Å²) in [6, 6.07) is 0. The van der Waals surface area contributed by atoms with Gasteiger partial charge in [-0.15, -0.1) is 0 Å². The van der Waals surface area contributed by atoms with Crippen LogP contribution >= 0.6 is 0 Å². The Balaban J connectivity index is 2.15. The highest BCUT2D eigenvalue weighted by Gasteiger charge is 2.44. The van der Waals surface area contributed by atoms with E-state index in [1.807, 2.05) is 0 Å². The minimum absolute atomic E-state index is 0.111. The molecule has 0 radical (unpaired) electrons. The molecule has 0 aliphatic carbocycles. The van der Waals surface area contributed by atoms with Gasteiger partial charge in [0.05, 0.1) is 19.8 Å². The van der Waals surface area contributed by atoms with E-state index in [9.17, 15) is 25.2 Å². The largest absolute Gasteiger partial charge is 0.457 e. The van der Waals surface area contributed by atoms with Gasteiger partial charge in [-0.25, -0.2) is 0 Å². The zero-order chi connectivity index (χ0) is 49.2. The first-order valence-electron chi connectivity index (χ1n) is 28.7. The quantitative estimate of drug-likeness (QED) is 0.0267. The van der Waals surface area contributed by atoms with Gasteiger partial charge in [-0.2, -0.15) is 0 Å². The van der Waals surface area contributed by atoms with Gasteiger partial charge in [-0.1, -0.05) is 249 Å². The minimum atomic E-state index is -1.54. The lowest BCUT2D eigenvalue weighted by atomic mass is 9.99. The van der Waals surface area contributed by atoms with Crippen LogP contribution < -0.4 is 0 Å². The van der Waals surface area contributed by atoms with Crippen molar-refractivity contribution in [3.63, 3.8) is 0 Å². The van der Waals surface area contributed by atoms with Gasteiger partial charge >= 0.3 is 5.97 Å². The van der Waals surface area contributed by atoms with E-state index in [1.165, 1.54) is 180 Å². The molecule has 1 aliphatic heterocycles. The summed E-state index contributed by atoms with van der Waals surface area (Å²) in [5.41, 5.74) is 0. The fourth-order valence-electron chi connectivity index (χ4n) is 8.84. The fourth-order valence-corrected chi connectivity index (χ4v) is 8.84. The van der Waals surface area contributed by atoms with Gasteiger partial charge in [0.1, 0.15) is 30.5 Å². The van der Waals surface area contributed by atoms with E-state index in [0.717, 1.165) is 57.8 Å². The number of hydrogen-bond donors (Lipinski definition) is 4. The molecule has 4 N–H and O–H groups in total. The molecule has 1 rings (SSSR count). The number of unbranched alkanes of at least 4 members (excludes halogenated alkanes) is 31. The summed E-state index contributed by atoms with van der Waals surface area (Å²) in [6.45, 7) is 4.50. The number of rotatable bonds is 50. The van der Waals surface area contributed by atoms with Gasteiger partial charge < -0.3 is 39.4 Å². The van der Waals surface area contributed by atoms with Crippen molar-refractivity contribution in [2.75, 3.05) is 26.4 Å². The van der Waals surface area contributed by atoms with E-state index in [4.69, 9.17) is 18.9 Å². The number of allylic oxidation sites excluding steroid dienone is 8. The van der Waals surface area contributed by atoms with E-state index in [-0.39, 0.29) is 19.2 Å². The summed E-state index contributed by atoms with van der Waals surface area (Å²) in [5, 5.41) is 40.3. The number of carbonyl (C=O) groups excluding carboxylic acids is 1. The third-order valence-corrected chi connectivity index (χ3v) is 13.3. The SMILES string of the molecule is CC/C=C\C/C=C\C/C=C\C/C=C\CCCCCCCCCCCCCCC(=O)OC(COCCCCCCCCCCCCCCCCCCCCCC)COC1OC(CO)C(O)C(O)C1O. The van der Waals surface area contributed by atoms with Gasteiger partial charge in [-0.3, -0.25) is 4.79 Å². The molecule has 0 spiro atoms. The second-order valence-electron chi connectivity index (χ2n) is 19.7. The molecule has 398 valence electrons. The first-order valence-corrected chi connectivity index (χ1v) is 28.7. The Labute approximate surface area is 418 Å². The maximum atomic E-state index is 12.9. The zero-order valence-electron chi connectivity index (χ0n) is 44.1. The molecular weight excluding hydrogens is 853 g/mol. The summed E-state index contributed by atoms with van der Waals surface area (Å²) in [5.74, 6) is -0.312. The first-order chi connectivity index (χ1) is 33.4. The molecule has 1 fully saturated rings. The summed E-state index contributed by atoms with van der Waals surface area (Å²) in [6.07, 6.45) is 57.3. The van der Waals surface area contributed by atoms with Crippen molar-refractivity contribution in [2.45, 2.75) is 295 Å². The molecule has 1 aliphatic rings. The molecule has 0 saturated carbocycles. The molecule has 0 aromatic heterocycles. The Bertz CT molecular complexity index is 1180. The van der Waals surface area contributed by atoms with E-state index < -0.39 is 43.4 Å². The van der Waals surface area contributed by atoms with Crippen LogP contribution in [0.1, 0.15) is 258 Å². The molecule has 6 atom stereocenters.